The van der Waals surface area contributed by atoms with Crippen LogP contribution in [0.25, 0.3) is 0 Å². The second kappa shape index (κ2) is 5.41. The van der Waals surface area contributed by atoms with Crippen LogP contribution in [-0.4, -0.2) is 17.1 Å². The molecule has 1 N–H and O–H groups in total. The maximum Gasteiger partial charge on any atom is 0.149 e. The van der Waals surface area contributed by atoms with E-state index in [1.54, 1.807) is 12.6 Å². The summed E-state index contributed by atoms with van der Waals surface area (Å²) in [6, 6.07) is 2.27. The van der Waals surface area contributed by atoms with Crippen molar-refractivity contribution < 1.29 is 13.9 Å². The Morgan fingerprint density at radius 2 is 2.00 bits per heavy atom. The lowest BCUT2D eigenvalue weighted by Gasteiger charge is -2.20. The van der Waals surface area contributed by atoms with E-state index < -0.39 is 11.6 Å². The molecule has 18 heavy (non-hydrogen) atoms. The van der Waals surface area contributed by atoms with Crippen LogP contribution in [0.1, 0.15) is 11.3 Å². The number of aromatic nitrogens is 1. The van der Waals surface area contributed by atoms with Crippen LogP contribution in [0, 0.1) is 11.6 Å². The normalized spacial score (nSPS) is 10.7. The SMILES string of the molecule is CN(Cc1cscn1)c1c(F)cc(CO)cc1F. The number of rotatable bonds is 4. The van der Waals surface area contributed by atoms with Crippen molar-refractivity contribution in [2.75, 3.05) is 11.9 Å². The van der Waals surface area contributed by atoms with E-state index in [1.165, 1.54) is 16.2 Å². The summed E-state index contributed by atoms with van der Waals surface area (Å²) in [6.45, 7) is -0.0558. The fourth-order valence-corrected chi connectivity index (χ4v) is 2.26. The van der Waals surface area contributed by atoms with E-state index in [2.05, 4.69) is 4.98 Å². The van der Waals surface area contributed by atoms with Crippen molar-refractivity contribution in [2.24, 2.45) is 0 Å². The summed E-state index contributed by atoms with van der Waals surface area (Å²) in [5, 5.41) is 10.7. The molecular formula is C12H12F2N2OS. The number of halogens is 2. The molecular weight excluding hydrogens is 258 g/mol. The second-order valence-electron chi connectivity index (χ2n) is 3.90. The summed E-state index contributed by atoms with van der Waals surface area (Å²) < 4.78 is 27.5. The summed E-state index contributed by atoms with van der Waals surface area (Å²) >= 11 is 1.43. The monoisotopic (exact) mass is 270 g/mol. The smallest absolute Gasteiger partial charge is 0.149 e. The van der Waals surface area contributed by atoms with E-state index in [0.717, 1.165) is 17.8 Å². The molecule has 0 aliphatic heterocycles. The lowest BCUT2D eigenvalue weighted by atomic mass is 10.2. The maximum absolute atomic E-state index is 13.8. The number of nitrogens with zero attached hydrogens (tertiary/aromatic N) is 2. The number of aliphatic hydroxyl groups is 1. The zero-order valence-electron chi connectivity index (χ0n) is 9.73. The molecule has 1 aromatic carbocycles. The molecule has 1 heterocycles. The van der Waals surface area contributed by atoms with Crippen LogP contribution < -0.4 is 4.90 Å². The van der Waals surface area contributed by atoms with Gasteiger partial charge < -0.3 is 10.0 Å². The maximum atomic E-state index is 13.8. The molecule has 0 atom stereocenters. The Balaban J connectivity index is 2.27. The van der Waals surface area contributed by atoms with Crippen LogP contribution >= 0.6 is 11.3 Å². The topological polar surface area (TPSA) is 36.4 Å². The van der Waals surface area contributed by atoms with Gasteiger partial charge in [-0.3, -0.25) is 0 Å². The van der Waals surface area contributed by atoms with Crippen molar-refractivity contribution >= 4 is 17.0 Å². The Bertz CT molecular complexity index is 508. The van der Waals surface area contributed by atoms with Gasteiger partial charge in [0.25, 0.3) is 0 Å². The zero-order chi connectivity index (χ0) is 13.1. The van der Waals surface area contributed by atoms with E-state index in [1.807, 2.05) is 5.38 Å². The van der Waals surface area contributed by atoms with Gasteiger partial charge in [0.2, 0.25) is 0 Å². The number of anilines is 1. The van der Waals surface area contributed by atoms with Crippen LogP contribution in [0.5, 0.6) is 0 Å². The Labute approximate surface area is 107 Å². The molecule has 2 rings (SSSR count). The van der Waals surface area contributed by atoms with E-state index in [0.29, 0.717) is 6.54 Å². The lowest BCUT2D eigenvalue weighted by molar-refractivity contribution is 0.280. The average Bonchev–Trinajstić information content (AvgIpc) is 2.80. The van der Waals surface area contributed by atoms with Crippen LogP contribution in [0.4, 0.5) is 14.5 Å². The molecule has 0 aliphatic rings. The second-order valence-corrected chi connectivity index (χ2v) is 4.62. The molecule has 0 spiro atoms. The Hall–Kier alpha value is -1.53. The number of aliphatic hydroxyl groups excluding tert-OH is 1. The molecule has 0 fully saturated rings. The fourth-order valence-electron chi connectivity index (χ4n) is 1.71. The minimum atomic E-state index is -0.684. The summed E-state index contributed by atoms with van der Waals surface area (Å²) in [5.74, 6) is -1.37. The molecule has 0 radical (unpaired) electrons. The Morgan fingerprint density at radius 1 is 1.33 bits per heavy atom. The quantitative estimate of drug-likeness (QED) is 0.927. The minimum absolute atomic E-state index is 0.111. The van der Waals surface area contributed by atoms with E-state index >= 15 is 0 Å². The van der Waals surface area contributed by atoms with E-state index in [9.17, 15) is 8.78 Å². The summed E-state index contributed by atoms with van der Waals surface area (Å²) in [6.07, 6.45) is 0. The molecule has 0 aliphatic carbocycles. The third-order valence-electron chi connectivity index (χ3n) is 2.52. The van der Waals surface area contributed by atoms with Gasteiger partial charge >= 0.3 is 0 Å². The standard InChI is InChI=1S/C12H12F2N2OS/c1-16(4-9-6-18-7-15-9)12-10(13)2-8(5-17)3-11(12)14/h2-3,6-7,17H,4-5H2,1H3. The number of benzene rings is 1. The number of hydrogen-bond donors (Lipinski definition) is 1. The largest absolute Gasteiger partial charge is 0.392 e. The van der Waals surface area contributed by atoms with Gasteiger partial charge in [-0.05, 0) is 17.7 Å². The Morgan fingerprint density at radius 3 is 2.50 bits per heavy atom. The highest BCUT2D eigenvalue weighted by Crippen LogP contribution is 2.25. The molecule has 96 valence electrons. The first-order valence-electron chi connectivity index (χ1n) is 5.28. The van der Waals surface area contributed by atoms with Gasteiger partial charge in [0.1, 0.15) is 17.3 Å². The van der Waals surface area contributed by atoms with Crippen molar-refractivity contribution in [1.29, 1.82) is 0 Å². The molecule has 0 unspecified atom stereocenters. The molecule has 0 bridgehead atoms. The first-order chi connectivity index (χ1) is 8.61. The van der Waals surface area contributed by atoms with Gasteiger partial charge in [-0.15, -0.1) is 11.3 Å². The van der Waals surface area contributed by atoms with Gasteiger partial charge in [-0.2, -0.15) is 0 Å². The summed E-state index contributed by atoms with van der Waals surface area (Å²) in [7, 11) is 1.60. The third-order valence-corrected chi connectivity index (χ3v) is 3.16. The summed E-state index contributed by atoms with van der Waals surface area (Å²) in [4.78, 5) is 5.53. The fraction of sp³-hybridized carbons (Fsp3) is 0.250. The first kappa shape index (κ1) is 12.9. The van der Waals surface area contributed by atoms with E-state index in [4.69, 9.17) is 5.11 Å². The van der Waals surface area contributed by atoms with Crippen LogP contribution in [0.3, 0.4) is 0 Å². The molecule has 0 saturated heterocycles. The Kier molecular flexibility index (Phi) is 3.88. The number of hydrogen-bond acceptors (Lipinski definition) is 4. The molecule has 1 aromatic heterocycles. The van der Waals surface area contributed by atoms with Crippen LogP contribution in [0.2, 0.25) is 0 Å². The summed E-state index contributed by atoms with van der Waals surface area (Å²) in [5.41, 5.74) is 2.54. The van der Waals surface area contributed by atoms with E-state index in [-0.39, 0.29) is 17.9 Å². The average molecular weight is 270 g/mol. The van der Waals surface area contributed by atoms with Gasteiger partial charge in [0, 0.05) is 12.4 Å². The van der Waals surface area contributed by atoms with Gasteiger partial charge in [0.05, 0.1) is 24.4 Å². The molecule has 2 aromatic rings. The number of thiazole rings is 1. The van der Waals surface area contributed by atoms with Gasteiger partial charge in [0.15, 0.2) is 0 Å². The molecule has 3 nitrogen and oxygen atoms in total. The van der Waals surface area contributed by atoms with Crippen molar-refractivity contribution in [3.8, 4) is 0 Å². The minimum Gasteiger partial charge on any atom is -0.392 e. The molecule has 6 heteroatoms. The predicted molar refractivity (Wildman–Crippen MR) is 66.5 cm³/mol. The van der Waals surface area contributed by atoms with Crippen LogP contribution in [0.15, 0.2) is 23.0 Å². The highest BCUT2D eigenvalue weighted by Gasteiger charge is 2.15. The van der Waals surface area contributed by atoms with Crippen molar-refractivity contribution in [3.63, 3.8) is 0 Å². The highest BCUT2D eigenvalue weighted by atomic mass is 32.1. The highest BCUT2D eigenvalue weighted by molar-refractivity contribution is 7.07. The lowest BCUT2D eigenvalue weighted by Crippen LogP contribution is -2.19. The predicted octanol–water partition coefficient (Wildman–Crippen LogP) is 2.55. The molecule has 0 saturated carbocycles. The zero-order valence-corrected chi connectivity index (χ0v) is 10.5. The van der Waals surface area contributed by atoms with Crippen molar-refractivity contribution in [3.05, 3.63) is 45.9 Å². The third kappa shape index (κ3) is 2.65. The van der Waals surface area contributed by atoms with Crippen molar-refractivity contribution in [1.82, 2.24) is 4.98 Å². The first-order valence-corrected chi connectivity index (χ1v) is 6.23. The van der Waals surface area contributed by atoms with Gasteiger partial charge in [-0.25, -0.2) is 13.8 Å². The van der Waals surface area contributed by atoms with Crippen LogP contribution in [-0.2, 0) is 13.2 Å². The van der Waals surface area contributed by atoms with Gasteiger partial charge in [-0.1, -0.05) is 0 Å². The molecule has 0 amide bonds. The van der Waals surface area contributed by atoms with Crippen molar-refractivity contribution in [2.45, 2.75) is 13.2 Å².